The molecule has 5 nitrogen and oxygen atoms in total. The summed E-state index contributed by atoms with van der Waals surface area (Å²) in [5, 5.41) is 5.67. The first-order valence-corrected chi connectivity index (χ1v) is 6.65. The normalized spacial score (nSPS) is 12.3. The molecule has 0 fully saturated rings. The zero-order chi connectivity index (χ0) is 15.2. The van der Waals surface area contributed by atoms with Crippen molar-refractivity contribution in [1.29, 1.82) is 0 Å². The summed E-state index contributed by atoms with van der Waals surface area (Å²) in [4.78, 5) is 23.1. The van der Waals surface area contributed by atoms with E-state index in [9.17, 15) is 9.59 Å². The average molecular weight is 286 g/mol. The van der Waals surface area contributed by atoms with Gasteiger partial charge in [0.1, 0.15) is 5.60 Å². The highest BCUT2D eigenvalue weighted by atomic mass is 32.2. The number of ether oxygens (including phenoxy) is 1. The molecule has 0 saturated heterocycles. The second-order valence-corrected chi connectivity index (χ2v) is 6.26. The molecule has 0 spiro atoms. The maximum absolute atomic E-state index is 11.6. The fourth-order valence-corrected chi connectivity index (χ4v) is 1.78. The minimum Gasteiger partial charge on any atom is -0.444 e. The van der Waals surface area contributed by atoms with Gasteiger partial charge in [0.2, 0.25) is 5.91 Å². The number of hydrogen-bond acceptors (Lipinski definition) is 4. The van der Waals surface area contributed by atoms with Crippen molar-refractivity contribution in [2.45, 2.75) is 46.3 Å². The molecule has 0 unspecified atom stereocenters. The lowest BCUT2D eigenvalue weighted by Gasteiger charge is -2.22. The van der Waals surface area contributed by atoms with Crippen molar-refractivity contribution >= 4 is 23.8 Å². The smallest absolute Gasteiger partial charge is 0.408 e. The van der Waals surface area contributed by atoms with Crippen molar-refractivity contribution in [1.82, 2.24) is 10.6 Å². The Labute approximate surface area is 118 Å². The van der Waals surface area contributed by atoms with Gasteiger partial charge in [-0.1, -0.05) is 24.9 Å². The topological polar surface area (TPSA) is 67.4 Å². The van der Waals surface area contributed by atoms with E-state index in [1.54, 1.807) is 27.7 Å². The second-order valence-electron chi connectivity index (χ2n) is 5.04. The largest absolute Gasteiger partial charge is 0.444 e. The number of hydrogen-bond donors (Lipinski definition) is 2. The zero-order valence-electron chi connectivity index (χ0n) is 12.1. The summed E-state index contributed by atoms with van der Waals surface area (Å²) < 4.78 is 5.14. The zero-order valence-corrected chi connectivity index (χ0v) is 12.9. The van der Waals surface area contributed by atoms with Crippen LogP contribution in [0.1, 0.15) is 34.6 Å². The molecule has 0 aliphatic rings. The van der Waals surface area contributed by atoms with Crippen LogP contribution in [0.15, 0.2) is 23.1 Å². The van der Waals surface area contributed by atoms with Gasteiger partial charge in [-0.15, -0.1) is 0 Å². The van der Waals surface area contributed by atoms with Crippen molar-refractivity contribution < 1.29 is 14.3 Å². The Morgan fingerprint density at radius 2 is 1.79 bits per heavy atom. The minimum absolute atomic E-state index is 0.196. The van der Waals surface area contributed by atoms with Crippen molar-refractivity contribution in [3.8, 4) is 0 Å². The molecule has 0 aromatic heterocycles. The van der Waals surface area contributed by atoms with Crippen LogP contribution in [-0.4, -0.2) is 23.6 Å². The lowest BCUT2D eigenvalue weighted by atomic mass is 10.2. The van der Waals surface area contributed by atoms with E-state index in [1.807, 2.05) is 0 Å². The molecular formula is C13H22N2O3S. The summed E-state index contributed by atoms with van der Waals surface area (Å²) in [6, 6.07) is -0.301. The maximum Gasteiger partial charge on any atom is 0.408 e. The Bertz CT molecular complexity index is 386. The van der Waals surface area contributed by atoms with Crippen LogP contribution in [0, 0.1) is 0 Å². The molecule has 0 aromatic carbocycles. The number of rotatable bonds is 5. The number of alkyl carbamates (subject to hydrolysis) is 1. The van der Waals surface area contributed by atoms with Crippen LogP contribution in [0.2, 0.25) is 0 Å². The molecular weight excluding hydrogens is 264 g/mol. The molecule has 0 aromatic rings. The molecule has 19 heavy (non-hydrogen) atoms. The van der Waals surface area contributed by atoms with Crippen molar-refractivity contribution in [3.05, 3.63) is 23.1 Å². The van der Waals surface area contributed by atoms with Gasteiger partial charge in [-0.05, 0) is 27.7 Å². The van der Waals surface area contributed by atoms with E-state index >= 15 is 0 Å². The summed E-state index contributed by atoms with van der Waals surface area (Å²) in [5.41, 5.74) is -0.544. The van der Waals surface area contributed by atoms with Gasteiger partial charge in [0.05, 0.1) is 11.1 Å². The van der Waals surface area contributed by atoms with Crippen LogP contribution in [0.5, 0.6) is 0 Å². The third-order valence-electron chi connectivity index (χ3n) is 1.79. The standard InChI is InChI=1S/C13H22N2O3S/c1-8(14-12(17)18-13(5,6)7)9(2)19-11(4)15-10(3)16/h8H,2,4H2,1,3,5-7H3,(H,14,17)(H,15,16)/t8-/m1/s1. The summed E-state index contributed by atoms with van der Waals surface area (Å²) in [6.45, 7) is 16.1. The Morgan fingerprint density at radius 3 is 2.21 bits per heavy atom. The van der Waals surface area contributed by atoms with E-state index < -0.39 is 11.7 Å². The Hall–Kier alpha value is -1.43. The lowest BCUT2D eigenvalue weighted by molar-refractivity contribution is -0.118. The van der Waals surface area contributed by atoms with Crippen LogP contribution in [-0.2, 0) is 9.53 Å². The molecule has 0 rings (SSSR count). The Morgan fingerprint density at radius 1 is 1.26 bits per heavy atom. The van der Waals surface area contributed by atoms with Crippen LogP contribution >= 0.6 is 11.8 Å². The fourth-order valence-electron chi connectivity index (χ4n) is 1.03. The first kappa shape index (κ1) is 17.6. The van der Waals surface area contributed by atoms with E-state index in [-0.39, 0.29) is 11.9 Å². The molecule has 6 heteroatoms. The van der Waals surface area contributed by atoms with Crippen LogP contribution in [0.3, 0.4) is 0 Å². The second kappa shape index (κ2) is 7.23. The fraction of sp³-hybridized carbons (Fsp3) is 0.538. The highest BCUT2D eigenvalue weighted by molar-refractivity contribution is 8.06. The van der Waals surface area contributed by atoms with Gasteiger partial charge >= 0.3 is 6.09 Å². The first-order valence-electron chi connectivity index (χ1n) is 5.84. The molecule has 0 aliphatic carbocycles. The van der Waals surface area contributed by atoms with Crippen LogP contribution in [0.25, 0.3) is 0 Å². The van der Waals surface area contributed by atoms with Crippen LogP contribution in [0.4, 0.5) is 4.79 Å². The summed E-state index contributed by atoms with van der Waals surface area (Å²) in [5.74, 6) is -0.196. The van der Waals surface area contributed by atoms with Gasteiger partial charge in [0.25, 0.3) is 0 Å². The number of amides is 2. The monoisotopic (exact) mass is 286 g/mol. The maximum atomic E-state index is 11.6. The molecule has 0 aliphatic heterocycles. The van der Waals surface area contributed by atoms with E-state index in [0.717, 1.165) is 0 Å². The van der Waals surface area contributed by atoms with Gasteiger partial charge < -0.3 is 15.4 Å². The highest BCUT2D eigenvalue weighted by Gasteiger charge is 2.19. The lowest BCUT2D eigenvalue weighted by Crippen LogP contribution is -2.38. The molecule has 1 atom stereocenters. The SMILES string of the molecule is C=C(NC(C)=O)SC(=C)[C@@H](C)NC(=O)OC(C)(C)C. The van der Waals surface area contributed by atoms with E-state index in [4.69, 9.17) is 4.74 Å². The summed E-state index contributed by atoms with van der Waals surface area (Å²) >= 11 is 1.20. The van der Waals surface area contributed by atoms with E-state index in [0.29, 0.717) is 9.93 Å². The molecule has 0 saturated carbocycles. The number of nitrogens with one attached hydrogen (secondary N) is 2. The number of carbonyl (C=O) groups is 2. The van der Waals surface area contributed by atoms with E-state index in [1.165, 1.54) is 18.7 Å². The molecule has 0 heterocycles. The molecule has 108 valence electrons. The quantitative estimate of drug-likeness (QED) is 0.815. The van der Waals surface area contributed by atoms with Gasteiger partial charge in [0.15, 0.2) is 0 Å². The molecule has 0 radical (unpaired) electrons. The molecule has 0 bridgehead atoms. The molecule has 2 amide bonds. The Balaban J connectivity index is 4.24. The highest BCUT2D eigenvalue weighted by Crippen LogP contribution is 2.23. The van der Waals surface area contributed by atoms with E-state index in [2.05, 4.69) is 23.8 Å². The average Bonchev–Trinajstić information content (AvgIpc) is 2.11. The third-order valence-corrected chi connectivity index (χ3v) is 2.75. The summed E-state index contributed by atoms with van der Waals surface area (Å²) in [7, 11) is 0. The minimum atomic E-state index is -0.544. The predicted octanol–water partition coefficient (Wildman–Crippen LogP) is 2.75. The summed E-state index contributed by atoms with van der Waals surface area (Å²) in [6.07, 6.45) is -0.508. The van der Waals surface area contributed by atoms with Gasteiger partial charge in [0, 0.05) is 11.8 Å². The number of carbonyl (C=O) groups excluding carboxylic acids is 2. The first-order chi connectivity index (χ1) is 8.51. The van der Waals surface area contributed by atoms with Crippen molar-refractivity contribution in [3.63, 3.8) is 0 Å². The van der Waals surface area contributed by atoms with Gasteiger partial charge in [-0.2, -0.15) is 0 Å². The number of thioether (sulfide) groups is 1. The van der Waals surface area contributed by atoms with Crippen LogP contribution < -0.4 is 10.6 Å². The Kier molecular flexibility index (Phi) is 6.69. The third kappa shape index (κ3) is 9.18. The molecule has 2 N–H and O–H groups in total. The van der Waals surface area contributed by atoms with Crippen molar-refractivity contribution in [2.24, 2.45) is 0 Å². The van der Waals surface area contributed by atoms with Crippen molar-refractivity contribution in [2.75, 3.05) is 0 Å². The predicted molar refractivity (Wildman–Crippen MR) is 78.5 cm³/mol. The van der Waals surface area contributed by atoms with Gasteiger partial charge in [-0.3, -0.25) is 4.79 Å². The van der Waals surface area contributed by atoms with Gasteiger partial charge in [-0.25, -0.2) is 4.79 Å².